The van der Waals surface area contributed by atoms with Gasteiger partial charge in [0.15, 0.2) is 0 Å². The molecule has 4 rings (SSSR count). The predicted molar refractivity (Wildman–Crippen MR) is 117 cm³/mol. The molecule has 0 radical (unpaired) electrons. The lowest BCUT2D eigenvalue weighted by atomic mass is 10.1. The minimum Gasteiger partial charge on any atom is -0.342 e. The number of aromatic nitrogens is 2. The van der Waals surface area contributed by atoms with Crippen LogP contribution in [-0.4, -0.2) is 15.5 Å². The van der Waals surface area contributed by atoms with Gasteiger partial charge in [-0.05, 0) is 68.3 Å². The highest BCUT2D eigenvalue weighted by Crippen LogP contribution is 2.24. The van der Waals surface area contributed by atoms with E-state index in [-0.39, 0.29) is 17.8 Å². The normalized spacial score (nSPS) is 12.1. The first-order valence-corrected chi connectivity index (χ1v) is 10.00. The van der Waals surface area contributed by atoms with E-state index in [1.807, 2.05) is 31.2 Å². The molecular formula is C25H24FN3O. The molecule has 4 aromatic rings. The molecule has 152 valence electrons. The van der Waals surface area contributed by atoms with Gasteiger partial charge in [0.1, 0.15) is 11.6 Å². The van der Waals surface area contributed by atoms with Gasteiger partial charge in [-0.2, -0.15) is 0 Å². The van der Waals surface area contributed by atoms with Crippen molar-refractivity contribution in [3.8, 4) is 0 Å². The standard InChI is InChI=1S/C25H24FN3O/c1-16-8-9-17(2)20(14-16)15-29-23-7-5-4-6-22(23)28-24(29)18(3)27-25(30)19-10-12-21(26)13-11-19/h4-14,18H,15H2,1-3H3,(H,27,30)/t18-/m1/s1. The van der Waals surface area contributed by atoms with E-state index in [0.717, 1.165) is 16.9 Å². The highest BCUT2D eigenvalue weighted by molar-refractivity contribution is 5.94. The first-order chi connectivity index (χ1) is 14.4. The van der Waals surface area contributed by atoms with Crippen molar-refractivity contribution in [2.45, 2.75) is 33.4 Å². The Bertz CT molecular complexity index is 1210. The van der Waals surface area contributed by atoms with E-state index in [4.69, 9.17) is 4.98 Å². The summed E-state index contributed by atoms with van der Waals surface area (Å²) in [6, 6.07) is 19.6. The average Bonchev–Trinajstić information content (AvgIpc) is 3.10. The molecule has 0 unspecified atom stereocenters. The lowest BCUT2D eigenvalue weighted by Crippen LogP contribution is -2.29. The van der Waals surface area contributed by atoms with Gasteiger partial charge in [0.25, 0.3) is 5.91 Å². The molecule has 5 heteroatoms. The Kier molecular flexibility index (Phi) is 5.36. The molecule has 1 N–H and O–H groups in total. The Balaban J connectivity index is 1.69. The Morgan fingerprint density at radius 1 is 1.07 bits per heavy atom. The summed E-state index contributed by atoms with van der Waals surface area (Å²) < 4.78 is 15.3. The molecule has 0 aliphatic carbocycles. The molecule has 0 aliphatic heterocycles. The third kappa shape index (κ3) is 3.96. The molecule has 0 bridgehead atoms. The van der Waals surface area contributed by atoms with Crippen LogP contribution in [0.1, 0.15) is 45.8 Å². The number of nitrogens with zero attached hydrogens (tertiary/aromatic N) is 2. The van der Waals surface area contributed by atoms with Crippen molar-refractivity contribution in [3.05, 3.63) is 101 Å². The third-order valence-corrected chi connectivity index (χ3v) is 5.36. The fourth-order valence-electron chi connectivity index (χ4n) is 3.68. The second kappa shape index (κ2) is 8.11. The predicted octanol–water partition coefficient (Wildman–Crippen LogP) is 5.33. The number of benzene rings is 3. The van der Waals surface area contributed by atoms with E-state index < -0.39 is 0 Å². The van der Waals surface area contributed by atoms with E-state index >= 15 is 0 Å². The Morgan fingerprint density at radius 3 is 2.57 bits per heavy atom. The zero-order valence-corrected chi connectivity index (χ0v) is 17.3. The van der Waals surface area contributed by atoms with Gasteiger partial charge in [-0.25, -0.2) is 9.37 Å². The monoisotopic (exact) mass is 401 g/mol. The van der Waals surface area contributed by atoms with E-state index in [9.17, 15) is 9.18 Å². The molecule has 0 saturated carbocycles. The summed E-state index contributed by atoms with van der Waals surface area (Å²) in [4.78, 5) is 17.5. The quantitative estimate of drug-likeness (QED) is 0.491. The van der Waals surface area contributed by atoms with Crippen LogP contribution >= 0.6 is 0 Å². The summed E-state index contributed by atoms with van der Waals surface area (Å²) in [6.45, 7) is 6.77. The maximum Gasteiger partial charge on any atom is 0.251 e. The van der Waals surface area contributed by atoms with E-state index in [2.05, 4.69) is 41.9 Å². The van der Waals surface area contributed by atoms with Gasteiger partial charge in [-0.1, -0.05) is 35.9 Å². The molecule has 0 spiro atoms. The molecule has 0 saturated heterocycles. The van der Waals surface area contributed by atoms with Gasteiger partial charge in [0.2, 0.25) is 0 Å². The van der Waals surface area contributed by atoms with Gasteiger partial charge in [-0.15, -0.1) is 0 Å². The lowest BCUT2D eigenvalue weighted by molar-refractivity contribution is 0.0937. The smallest absolute Gasteiger partial charge is 0.251 e. The molecule has 4 nitrogen and oxygen atoms in total. The largest absolute Gasteiger partial charge is 0.342 e. The first-order valence-electron chi connectivity index (χ1n) is 10.00. The number of fused-ring (bicyclic) bond motifs is 1. The van der Waals surface area contributed by atoms with Crippen molar-refractivity contribution in [2.24, 2.45) is 0 Å². The fourth-order valence-corrected chi connectivity index (χ4v) is 3.68. The van der Waals surface area contributed by atoms with Crippen molar-refractivity contribution >= 4 is 16.9 Å². The van der Waals surface area contributed by atoms with E-state index in [0.29, 0.717) is 12.1 Å². The van der Waals surface area contributed by atoms with Crippen molar-refractivity contribution in [2.75, 3.05) is 0 Å². The summed E-state index contributed by atoms with van der Waals surface area (Å²) >= 11 is 0. The molecule has 1 heterocycles. The van der Waals surface area contributed by atoms with Crippen LogP contribution in [0.5, 0.6) is 0 Å². The molecule has 1 atom stereocenters. The number of amides is 1. The topological polar surface area (TPSA) is 46.9 Å². The van der Waals surface area contributed by atoms with Crippen LogP contribution in [0, 0.1) is 19.7 Å². The summed E-state index contributed by atoms with van der Waals surface area (Å²) in [6.07, 6.45) is 0. The molecule has 0 fully saturated rings. The van der Waals surface area contributed by atoms with Crippen molar-refractivity contribution in [1.82, 2.24) is 14.9 Å². The Labute approximate surface area is 175 Å². The fraction of sp³-hybridized carbons (Fsp3) is 0.200. The number of imidazole rings is 1. The average molecular weight is 401 g/mol. The van der Waals surface area contributed by atoms with E-state index in [1.165, 1.54) is 41.0 Å². The van der Waals surface area contributed by atoms with Gasteiger partial charge in [0, 0.05) is 12.1 Å². The number of rotatable bonds is 5. The summed E-state index contributed by atoms with van der Waals surface area (Å²) in [5.74, 6) is 0.162. The minimum atomic E-state index is -0.366. The van der Waals surface area contributed by atoms with Crippen molar-refractivity contribution < 1.29 is 9.18 Å². The number of hydrogen-bond acceptors (Lipinski definition) is 2. The van der Waals surface area contributed by atoms with Crippen molar-refractivity contribution in [1.29, 1.82) is 0 Å². The zero-order chi connectivity index (χ0) is 21.3. The number of carbonyl (C=O) groups excluding carboxylic acids is 1. The summed E-state index contributed by atoms with van der Waals surface area (Å²) in [5, 5.41) is 3.00. The van der Waals surface area contributed by atoms with Crippen LogP contribution in [-0.2, 0) is 6.54 Å². The van der Waals surface area contributed by atoms with E-state index in [1.54, 1.807) is 0 Å². The second-order valence-corrected chi connectivity index (χ2v) is 7.68. The lowest BCUT2D eigenvalue weighted by Gasteiger charge is -2.17. The number of hydrogen-bond donors (Lipinski definition) is 1. The van der Waals surface area contributed by atoms with Gasteiger partial charge in [0.05, 0.1) is 17.1 Å². The van der Waals surface area contributed by atoms with Crippen LogP contribution in [0.25, 0.3) is 11.0 Å². The Hall–Kier alpha value is -3.47. The maximum absolute atomic E-state index is 13.2. The molecule has 1 amide bonds. The van der Waals surface area contributed by atoms with Crippen molar-refractivity contribution in [3.63, 3.8) is 0 Å². The number of halogens is 1. The summed E-state index contributed by atoms with van der Waals surface area (Å²) in [7, 11) is 0. The maximum atomic E-state index is 13.2. The van der Waals surface area contributed by atoms with Crippen LogP contribution in [0.15, 0.2) is 66.7 Å². The zero-order valence-electron chi connectivity index (χ0n) is 17.3. The number of aryl methyl sites for hydroxylation is 2. The van der Waals surface area contributed by atoms with Crippen LogP contribution in [0.4, 0.5) is 4.39 Å². The molecule has 30 heavy (non-hydrogen) atoms. The van der Waals surface area contributed by atoms with Crippen LogP contribution < -0.4 is 5.32 Å². The molecule has 0 aliphatic rings. The molecular weight excluding hydrogens is 377 g/mol. The van der Waals surface area contributed by atoms with Gasteiger partial charge in [-0.3, -0.25) is 4.79 Å². The molecule has 3 aromatic carbocycles. The first kappa shape index (κ1) is 19.8. The third-order valence-electron chi connectivity index (χ3n) is 5.36. The second-order valence-electron chi connectivity index (χ2n) is 7.68. The van der Waals surface area contributed by atoms with Gasteiger partial charge < -0.3 is 9.88 Å². The highest BCUT2D eigenvalue weighted by Gasteiger charge is 2.19. The van der Waals surface area contributed by atoms with Gasteiger partial charge >= 0.3 is 0 Å². The number of nitrogens with one attached hydrogen (secondary N) is 1. The minimum absolute atomic E-state index is 0.257. The SMILES string of the molecule is Cc1ccc(C)c(Cn2c([C@@H](C)NC(=O)c3ccc(F)cc3)nc3ccccc32)c1. The van der Waals surface area contributed by atoms with Crippen LogP contribution in [0.2, 0.25) is 0 Å². The molecule has 1 aromatic heterocycles. The number of carbonyl (C=O) groups is 1. The number of para-hydroxylation sites is 2. The Morgan fingerprint density at radius 2 is 1.80 bits per heavy atom. The summed E-state index contributed by atoms with van der Waals surface area (Å²) in [5.41, 5.74) is 5.97. The van der Waals surface area contributed by atoms with Crippen LogP contribution in [0.3, 0.4) is 0 Å². The highest BCUT2D eigenvalue weighted by atomic mass is 19.1.